The van der Waals surface area contributed by atoms with E-state index in [0.29, 0.717) is 0 Å². The summed E-state index contributed by atoms with van der Waals surface area (Å²) in [6, 6.07) is 20.3. The Labute approximate surface area is 333 Å². The Bertz CT molecular complexity index is 2060. The van der Waals surface area contributed by atoms with Gasteiger partial charge < -0.3 is 31.1 Å². The minimum absolute atomic E-state index is 0.0200. The van der Waals surface area contributed by atoms with Gasteiger partial charge in [-0.2, -0.15) is 4.31 Å². The van der Waals surface area contributed by atoms with Gasteiger partial charge in [0, 0.05) is 25.0 Å². The first-order chi connectivity index (χ1) is 26.6. The summed E-state index contributed by atoms with van der Waals surface area (Å²) in [4.78, 5) is 46.2. The van der Waals surface area contributed by atoms with Gasteiger partial charge in [0.25, 0.3) is 0 Å². The molecule has 56 heavy (non-hydrogen) atoms. The van der Waals surface area contributed by atoms with Crippen LogP contribution in [0.3, 0.4) is 0 Å². The number of urea groups is 1. The second-order valence-corrected chi connectivity index (χ2v) is 18.0. The van der Waals surface area contributed by atoms with Crippen LogP contribution in [0.2, 0.25) is 0 Å². The second-order valence-electron chi connectivity index (χ2n) is 15.0. The number of phenolic OH excluding ortho intramolecular Hbond substituents is 1. The molecule has 1 fully saturated rings. The number of anilines is 1. The topological polar surface area (TPSA) is 181 Å². The highest BCUT2D eigenvalue weighted by Gasteiger charge is 2.43. The zero-order valence-corrected chi connectivity index (χ0v) is 34.0. The number of sulfonamides is 1. The van der Waals surface area contributed by atoms with Crippen molar-refractivity contribution < 1.29 is 33.0 Å². The highest BCUT2D eigenvalue weighted by Crippen LogP contribution is 2.30. The highest BCUT2D eigenvalue weighted by atomic mass is 32.2. The number of carbonyl (C=O) groups excluding carboxylic acids is 3. The number of rotatable bonds is 18. The molecule has 5 rings (SSSR count). The summed E-state index contributed by atoms with van der Waals surface area (Å²) < 4.78 is 29.8. The molecule has 13 nitrogen and oxygen atoms in total. The van der Waals surface area contributed by atoms with Crippen LogP contribution in [0, 0.1) is 24.7 Å². The quantitative estimate of drug-likeness (QED) is 0.0878. The van der Waals surface area contributed by atoms with Crippen molar-refractivity contribution in [1.82, 2.24) is 24.8 Å². The normalized spacial score (nSPS) is 16.2. The second kappa shape index (κ2) is 18.9. The molecule has 0 bridgehead atoms. The van der Waals surface area contributed by atoms with E-state index in [1.54, 1.807) is 29.2 Å². The molecular formula is C41H52N6O7S2. The van der Waals surface area contributed by atoms with Gasteiger partial charge in [-0.15, -0.1) is 11.3 Å². The van der Waals surface area contributed by atoms with E-state index >= 15 is 0 Å². The number of nitrogens with zero attached hydrogens (tertiary/aromatic N) is 3. The monoisotopic (exact) mass is 804 g/mol. The number of amides is 4. The number of carbonyl (C=O) groups is 3. The number of hydrogen-bond acceptors (Lipinski definition) is 9. The summed E-state index contributed by atoms with van der Waals surface area (Å²) in [6.07, 6.45) is -1.14. The zero-order valence-electron chi connectivity index (χ0n) is 32.4. The predicted octanol–water partition coefficient (Wildman–Crippen LogP) is 4.94. The Morgan fingerprint density at radius 1 is 1.00 bits per heavy atom. The number of phenols is 1. The maximum atomic E-state index is 14.3. The number of thiazole rings is 1. The lowest BCUT2D eigenvalue weighted by Gasteiger charge is -2.35. The van der Waals surface area contributed by atoms with E-state index in [9.17, 15) is 33.0 Å². The maximum absolute atomic E-state index is 14.3. The third-order valence-electron chi connectivity index (χ3n) is 9.70. The highest BCUT2D eigenvalue weighted by molar-refractivity contribution is 7.89. The number of aromatic nitrogens is 1. The number of hydrogen-bond donors (Lipinski definition) is 5. The molecule has 4 atom stereocenters. The van der Waals surface area contributed by atoms with Crippen LogP contribution in [-0.2, 0) is 39.0 Å². The van der Waals surface area contributed by atoms with Gasteiger partial charge in [0.1, 0.15) is 5.75 Å². The Morgan fingerprint density at radius 2 is 1.66 bits per heavy atom. The van der Waals surface area contributed by atoms with Gasteiger partial charge in [-0.25, -0.2) is 18.2 Å². The predicted molar refractivity (Wildman–Crippen MR) is 216 cm³/mol. The molecular weight excluding hydrogens is 753 g/mol. The van der Waals surface area contributed by atoms with Crippen molar-refractivity contribution in [1.29, 1.82) is 0 Å². The van der Waals surface area contributed by atoms with E-state index in [1.807, 2.05) is 76.4 Å². The maximum Gasteiger partial charge on any atom is 0.318 e. The molecule has 4 aromatic rings. The van der Waals surface area contributed by atoms with Gasteiger partial charge in [-0.05, 0) is 54.5 Å². The fourth-order valence-corrected chi connectivity index (χ4v) is 9.24. The van der Waals surface area contributed by atoms with Crippen molar-refractivity contribution in [2.45, 2.75) is 77.1 Å². The molecule has 15 heteroatoms. The first-order valence-electron chi connectivity index (χ1n) is 18.8. The molecule has 0 spiro atoms. The average Bonchev–Trinajstić information content (AvgIpc) is 3.72. The number of aliphatic hydroxyl groups excluding tert-OH is 1. The van der Waals surface area contributed by atoms with Crippen molar-refractivity contribution in [2.75, 3.05) is 25.0 Å². The molecule has 1 aromatic heterocycles. The molecule has 3 aromatic carbocycles. The molecule has 1 aliphatic rings. The molecule has 1 aliphatic heterocycles. The number of aliphatic hydroxyl groups is 1. The van der Waals surface area contributed by atoms with Crippen molar-refractivity contribution in [3.63, 3.8) is 0 Å². The molecule has 0 saturated carbocycles. The van der Waals surface area contributed by atoms with Gasteiger partial charge in [0.05, 0.1) is 58.4 Å². The average molecular weight is 805 g/mol. The van der Waals surface area contributed by atoms with E-state index in [1.165, 1.54) is 33.8 Å². The smallest absolute Gasteiger partial charge is 0.318 e. The third-order valence-corrected chi connectivity index (χ3v) is 12.3. The van der Waals surface area contributed by atoms with Gasteiger partial charge in [-0.3, -0.25) is 9.59 Å². The Morgan fingerprint density at radius 3 is 2.27 bits per heavy atom. The van der Waals surface area contributed by atoms with Crippen LogP contribution < -0.4 is 16.0 Å². The summed E-state index contributed by atoms with van der Waals surface area (Å²) in [5.41, 5.74) is 2.24. The van der Waals surface area contributed by atoms with Crippen LogP contribution in [0.1, 0.15) is 49.5 Å². The molecule has 1 saturated heterocycles. The van der Waals surface area contributed by atoms with E-state index in [0.717, 1.165) is 21.8 Å². The molecule has 4 amide bonds. The van der Waals surface area contributed by atoms with E-state index < -0.39 is 40.0 Å². The van der Waals surface area contributed by atoms with Gasteiger partial charge >= 0.3 is 6.03 Å². The lowest BCUT2D eigenvalue weighted by atomic mass is 9.86. The molecule has 300 valence electrons. The fraction of sp³-hybridized carbons (Fsp3) is 0.415. The van der Waals surface area contributed by atoms with E-state index in [2.05, 4.69) is 20.9 Å². The van der Waals surface area contributed by atoms with Crippen molar-refractivity contribution in [3.05, 3.63) is 106 Å². The van der Waals surface area contributed by atoms with Crippen LogP contribution in [0.5, 0.6) is 5.75 Å². The van der Waals surface area contributed by atoms with Gasteiger partial charge in [0.15, 0.2) is 0 Å². The van der Waals surface area contributed by atoms with Crippen LogP contribution in [0.25, 0.3) is 0 Å². The number of benzene rings is 3. The SMILES string of the molecule is Cc1nc(CN2C(=O)NCC2[C@@H](C(=O)N[C@@H](Cc2ccccc2)[C@H](O)CN(CC(C)C)S(=O)(=O)c2ccc(O)c(NC(=O)Cc3ccccc3)c2)C(C)C)cs1. The van der Waals surface area contributed by atoms with Crippen LogP contribution in [-0.4, -0.2) is 88.5 Å². The fourth-order valence-electron chi connectivity index (χ4n) is 6.99. The van der Waals surface area contributed by atoms with E-state index in [-0.39, 0.29) is 79.1 Å². The lowest BCUT2D eigenvalue weighted by Crippen LogP contribution is -2.55. The Hall–Kier alpha value is -4.83. The third kappa shape index (κ3) is 10.9. The van der Waals surface area contributed by atoms with Crippen molar-refractivity contribution in [3.8, 4) is 5.75 Å². The molecule has 0 radical (unpaired) electrons. The van der Waals surface area contributed by atoms with Crippen LogP contribution in [0.15, 0.2) is 89.1 Å². The van der Waals surface area contributed by atoms with Crippen LogP contribution in [0.4, 0.5) is 10.5 Å². The molecule has 5 N–H and O–H groups in total. The standard InChI is InChI=1S/C41H52N6O7S2/c1-26(2)22-46(56(53,54)32-16-17-36(48)34(20-32)44-38(50)19-30-14-10-7-11-15-30)24-37(49)33(18-29-12-8-6-9-13-29)45-40(51)39(27(3)4)35-21-42-41(52)47(35)23-31-25-55-28(5)43-31/h6-17,20,25-27,33,35,37,39,48-49H,18-19,21-24H2,1-5H3,(H,42,52)(H,44,50)(H,45,51)/t33-,35?,37+,39-/m0/s1. The van der Waals surface area contributed by atoms with Gasteiger partial charge in [0.2, 0.25) is 21.8 Å². The molecule has 2 heterocycles. The Balaban J connectivity index is 1.39. The molecule has 0 aliphatic carbocycles. The summed E-state index contributed by atoms with van der Waals surface area (Å²) in [6.45, 7) is 9.59. The number of aromatic hydroxyl groups is 1. The van der Waals surface area contributed by atoms with Crippen molar-refractivity contribution >= 4 is 44.9 Å². The van der Waals surface area contributed by atoms with Crippen molar-refractivity contribution in [2.24, 2.45) is 17.8 Å². The molecule has 1 unspecified atom stereocenters. The zero-order chi connectivity index (χ0) is 40.6. The summed E-state index contributed by atoms with van der Waals surface area (Å²) in [5, 5.41) is 33.9. The lowest BCUT2D eigenvalue weighted by molar-refractivity contribution is -0.130. The largest absolute Gasteiger partial charge is 0.506 e. The number of nitrogens with one attached hydrogen (secondary N) is 3. The van der Waals surface area contributed by atoms with Crippen LogP contribution >= 0.6 is 11.3 Å². The van der Waals surface area contributed by atoms with Gasteiger partial charge in [-0.1, -0.05) is 88.4 Å². The summed E-state index contributed by atoms with van der Waals surface area (Å²) >= 11 is 1.48. The van der Waals surface area contributed by atoms with E-state index in [4.69, 9.17) is 0 Å². The Kier molecular flexibility index (Phi) is 14.3. The minimum atomic E-state index is -4.30. The summed E-state index contributed by atoms with van der Waals surface area (Å²) in [7, 11) is -4.30. The number of aryl methyl sites for hydroxylation is 1. The first-order valence-corrected chi connectivity index (χ1v) is 21.1. The minimum Gasteiger partial charge on any atom is -0.506 e. The summed E-state index contributed by atoms with van der Waals surface area (Å²) in [5.74, 6) is -2.11. The first kappa shape index (κ1) is 42.3.